The molecule has 0 spiro atoms. The molecule has 1 aliphatic heterocycles. The maximum atomic E-state index is 6.18. The number of rotatable bonds is 4. The lowest BCUT2D eigenvalue weighted by molar-refractivity contribution is 0.00578. The van der Waals surface area contributed by atoms with Crippen LogP contribution in [0.3, 0.4) is 0 Å². The highest BCUT2D eigenvalue weighted by molar-refractivity contribution is 6.70. The Morgan fingerprint density at radius 2 is 1.59 bits per heavy atom. The molecule has 22 heavy (non-hydrogen) atoms. The van der Waals surface area contributed by atoms with Gasteiger partial charge < -0.3 is 13.7 Å². The van der Waals surface area contributed by atoms with Gasteiger partial charge in [-0.05, 0) is 70.8 Å². The first kappa shape index (κ1) is 17.6. The van der Waals surface area contributed by atoms with E-state index in [1.54, 1.807) is 0 Å². The van der Waals surface area contributed by atoms with Crippen LogP contribution in [0, 0.1) is 0 Å². The molecular weight excluding hydrogens is 291 g/mol. The van der Waals surface area contributed by atoms with Crippen LogP contribution in [0.1, 0.15) is 40.2 Å². The van der Waals surface area contributed by atoms with Gasteiger partial charge in [0.1, 0.15) is 5.75 Å². The predicted molar refractivity (Wildman–Crippen MR) is 95.5 cm³/mol. The van der Waals surface area contributed by atoms with Crippen molar-refractivity contribution >= 4 is 20.9 Å². The number of hydrogen-bond acceptors (Lipinski definition) is 3. The molecule has 1 heterocycles. The van der Waals surface area contributed by atoms with Gasteiger partial charge in [-0.1, -0.05) is 19.1 Å². The molecule has 0 amide bonds. The molecule has 5 heteroatoms. The van der Waals surface area contributed by atoms with Gasteiger partial charge in [-0.15, -0.1) is 0 Å². The van der Waals surface area contributed by atoms with Crippen molar-refractivity contribution in [2.45, 2.75) is 71.9 Å². The van der Waals surface area contributed by atoms with Crippen LogP contribution in [-0.2, 0) is 15.7 Å². The molecule has 0 atom stereocenters. The van der Waals surface area contributed by atoms with Crippen molar-refractivity contribution in [1.29, 1.82) is 0 Å². The second kappa shape index (κ2) is 5.69. The first-order chi connectivity index (χ1) is 9.95. The maximum Gasteiger partial charge on any atom is 0.494 e. The standard InChI is InChI=1S/C17H29BO3Si/c1-9-13-12-14(10-11-15(13)19-22(6,7)8)18-20-16(2,3)17(4,5)21-18/h10-12H,9H2,1-8H3. The average Bonchev–Trinajstić information content (AvgIpc) is 2.57. The van der Waals surface area contributed by atoms with Crippen LogP contribution in [-0.4, -0.2) is 26.6 Å². The van der Waals surface area contributed by atoms with Gasteiger partial charge in [-0.25, -0.2) is 0 Å². The van der Waals surface area contributed by atoms with E-state index in [1.165, 1.54) is 5.56 Å². The SMILES string of the molecule is CCc1cc(B2OC(C)(C)C(C)(C)O2)ccc1O[Si](C)(C)C. The summed E-state index contributed by atoms with van der Waals surface area (Å²) in [7, 11) is -1.91. The highest BCUT2D eigenvalue weighted by atomic mass is 28.4. The van der Waals surface area contributed by atoms with Crippen molar-refractivity contribution in [2.75, 3.05) is 0 Å². The Morgan fingerprint density at radius 3 is 2.05 bits per heavy atom. The van der Waals surface area contributed by atoms with Crippen LogP contribution >= 0.6 is 0 Å². The zero-order valence-corrected chi connectivity index (χ0v) is 16.2. The minimum atomic E-state index is -1.60. The van der Waals surface area contributed by atoms with E-state index in [-0.39, 0.29) is 18.3 Å². The molecule has 1 aromatic rings. The van der Waals surface area contributed by atoms with E-state index in [0.717, 1.165) is 17.6 Å². The van der Waals surface area contributed by atoms with Crippen LogP contribution in [0.15, 0.2) is 18.2 Å². The largest absolute Gasteiger partial charge is 0.544 e. The molecule has 0 unspecified atom stereocenters. The van der Waals surface area contributed by atoms with Crippen molar-refractivity contribution in [2.24, 2.45) is 0 Å². The first-order valence-electron chi connectivity index (χ1n) is 8.13. The smallest absolute Gasteiger partial charge is 0.494 e. The monoisotopic (exact) mass is 320 g/mol. The molecule has 0 aliphatic carbocycles. The molecular formula is C17H29BO3Si. The number of benzene rings is 1. The Labute approximate surface area is 136 Å². The summed E-state index contributed by atoms with van der Waals surface area (Å²) in [6, 6.07) is 6.30. The second-order valence-corrected chi connectivity index (χ2v) is 12.5. The van der Waals surface area contributed by atoms with Crippen molar-refractivity contribution in [3.05, 3.63) is 23.8 Å². The van der Waals surface area contributed by atoms with Crippen LogP contribution in [0.2, 0.25) is 19.6 Å². The van der Waals surface area contributed by atoms with Gasteiger partial charge in [0.05, 0.1) is 11.2 Å². The third-order valence-electron chi connectivity index (χ3n) is 4.41. The summed E-state index contributed by atoms with van der Waals surface area (Å²) in [6.45, 7) is 17.1. The van der Waals surface area contributed by atoms with E-state index in [0.29, 0.717) is 0 Å². The summed E-state index contributed by atoms with van der Waals surface area (Å²) in [6.07, 6.45) is 0.938. The topological polar surface area (TPSA) is 27.7 Å². The Morgan fingerprint density at radius 1 is 1.05 bits per heavy atom. The quantitative estimate of drug-likeness (QED) is 0.791. The summed E-state index contributed by atoms with van der Waals surface area (Å²) in [4.78, 5) is 0. The van der Waals surface area contributed by atoms with Crippen molar-refractivity contribution < 1.29 is 13.7 Å². The van der Waals surface area contributed by atoms with Crippen LogP contribution in [0.5, 0.6) is 5.75 Å². The molecule has 1 fully saturated rings. The second-order valence-electron chi connectivity index (χ2n) is 8.02. The molecule has 0 radical (unpaired) electrons. The minimum absolute atomic E-state index is 0.308. The van der Waals surface area contributed by atoms with E-state index >= 15 is 0 Å². The summed E-state index contributed by atoms with van der Waals surface area (Å²) in [5, 5.41) is 0. The van der Waals surface area contributed by atoms with E-state index in [4.69, 9.17) is 13.7 Å². The minimum Gasteiger partial charge on any atom is -0.544 e. The maximum absolute atomic E-state index is 6.18. The van der Waals surface area contributed by atoms with E-state index in [9.17, 15) is 0 Å². The first-order valence-corrected chi connectivity index (χ1v) is 11.5. The zero-order valence-electron chi connectivity index (χ0n) is 15.2. The van der Waals surface area contributed by atoms with Gasteiger partial charge in [0.25, 0.3) is 0 Å². The fourth-order valence-corrected chi connectivity index (χ4v) is 3.29. The van der Waals surface area contributed by atoms with Gasteiger partial charge >= 0.3 is 7.12 Å². The van der Waals surface area contributed by atoms with Crippen LogP contribution in [0.25, 0.3) is 0 Å². The van der Waals surface area contributed by atoms with Crippen molar-refractivity contribution in [3.63, 3.8) is 0 Å². The van der Waals surface area contributed by atoms with E-state index in [2.05, 4.69) is 72.5 Å². The molecule has 0 aromatic heterocycles. The lowest BCUT2D eigenvalue weighted by atomic mass is 9.78. The molecule has 1 aliphatic rings. The number of hydrogen-bond donors (Lipinski definition) is 0. The fourth-order valence-electron chi connectivity index (χ4n) is 2.43. The van der Waals surface area contributed by atoms with Gasteiger partial charge in [0, 0.05) is 0 Å². The Balaban J connectivity index is 2.28. The fraction of sp³-hybridized carbons (Fsp3) is 0.647. The van der Waals surface area contributed by atoms with E-state index in [1.807, 2.05) is 0 Å². The zero-order chi connectivity index (χ0) is 16.8. The average molecular weight is 320 g/mol. The van der Waals surface area contributed by atoms with Crippen molar-refractivity contribution in [3.8, 4) is 5.75 Å². The summed E-state index contributed by atoms with van der Waals surface area (Å²) < 4.78 is 18.5. The summed E-state index contributed by atoms with van der Waals surface area (Å²) >= 11 is 0. The van der Waals surface area contributed by atoms with Crippen LogP contribution < -0.4 is 9.89 Å². The number of aryl methyl sites for hydroxylation is 1. The third-order valence-corrected chi connectivity index (χ3v) is 5.24. The lowest BCUT2D eigenvalue weighted by Gasteiger charge is -2.32. The summed E-state index contributed by atoms with van der Waals surface area (Å²) in [5.74, 6) is 1.00. The molecule has 3 nitrogen and oxygen atoms in total. The highest BCUT2D eigenvalue weighted by Gasteiger charge is 2.51. The van der Waals surface area contributed by atoms with Crippen LogP contribution in [0.4, 0.5) is 0 Å². The van der Waals surface area contributed by atoms with Gasteiger partial charge in [0.2, 0.25) is 8.32 Å². The Hall–Kier alpha value is -0.778. The van der Waals surface area contributed by atoms with E-state index < -0.39 is 8.32 Å². The molecule has 2 rings (SSSR count). The molecule has 122 valence electrons. The molecule has 1 aromatic carbocycles. The predicted octanol–water partition coefficient (Wildman–Crippen LogP) is 3.76. The molecule has 1 saturated heterocycles. The van der Waals surface area contributed by atoms with Gasteiger partial charge in [-0.3, -0.25) is 0 Å². The Kier molecular flexibility index (Phi) is 4.55. The summed E-state index contributed by atoms with van der Waals surface area (Å²) in [5.41, 5.74) is 1.67. The third kappa shape index (κ3) is 3.58. The molecule has 0 N–H and O–H groups in total. The normalized spacial score (nSPS) is 20.3. The molecule has 0 bridgehead atoms. The molecule has 0 saturated carbocycles. The van der Waals surface area contributed by atoms with Gasteiger partial charge in [0.15, 0.2) is 0 Å². The lowest BCUT2D eigenvalue weighted by Crippen LogP contribution is -2.41. The Bertz CT molecular complexity index is 533. The highest BCUT2D eigenvalue weighted by Crippen LogP contribution is 2.36. The van der Waals surface area contributed by atoms with Crippen molar-refractivity contribution in [1.82, 2.24) is 0 Å². The van der Waals surface area contributed by atoms with Gasteiger partial charge in [-0.2, -0.15) is 0 Å².